The molecule has 0 radical (unpaired) electrons. The summed E-state index contributed by atoms with van der Waals surface area (Å²) in [7, 11) is 1.66. The van der Waals surface area contributed by atoms with Gasteiger partial charge in [0, 0.05) is 25.5 Å². The smallest absolute Gasteiger partial charge is 0.219 e. The lowest BCUT2D eigenvalue weighted by Crippen LogP contribution is -2.37. The van der Waals surface area contributed by atoms with E-state index >= 15 is 0 Å². The van der Waals surface area contributed by atoms with Crippen molar-refractivity contribution in [2.75, 3.05) is 44.0 Å². The van der Waals surface area contributed by atoms with Gasteiger partial charge in [-0.3, -0.25) is 0 Å². The fourth-order valence-electron chi connectivity index (χ4n) is 3.59. The van der Waals surface area contributed by atoms with Crippen LogP contribution in [0.4, 0.5) is 11.8 Å². The molecule has 1 aromatic carbocycles. The van der Waals surface area contributed by atoms with Gasteiger partial charge < -0.3 is 24.7 Å². The molecular weight excluding hydrogens is 396 g/mol. The van der Waals surface area contributed by atoms with Crippen LogP contribution in [0.3, 0.4) is 0 Å². The minimum absolute atomic E-state index is 0.210. The van der Waals surface area contributed by atoms with Gasteiger partial charge >= 0.3 is 0 Å². The van der Waals surface area contributed by atoms with Crippen LogP contribution < -0.4 is 15.4 Å². The molecule has 10 nitrogen and oxygen atoms in total. The first-order chi connectivity index (χ1) is 15.2. The van der Waals surface area contributed by atoms with E-state index in [1.807, 2.05) is 28.8 Å². The zero-order chi connectivity index (χ0) is 21.2. The molecule has 5 rings (SSSR count). The Balaban J connectivity index is 1.62. The number of morpholine rings is 1. The van der Waals surface area contributed by atoms with Crippen LogP contribution in [0.2, 0.25) is 0 Å². The third kappa shape index (κ3) is 3.84. The van der Waals surface area contributed by atoms with Gasteiger partial charge in [0.2, 0.25) is 5.95 Å². The average Bonchev–Trinajstić information content (AvgIpc) is 3.22. The highest BCUT2D eigenvalue weighted by Crippen LogP contribution is 2.28. The second-order valence-corrected chi connectivity index (χ2v) is 7.20. The Morgan fingerprint density at radius 2 is 1.90 bits per heavy atom. The van der Waals surface area contributed by atoms with Crippen LogP contribution in [0.15, 0.2) is 43.0 Å². The van der Waals surface area contributed by atoms with Crippen LogP contribution in [0, 0.1) is 0 Å². The Morgan fingerprint density at radius 1 is 1.10 bits per heavy atom. The van der Waals surface area contributed by atoms with Crippen molar-refractivity contribution in [1.82, 2.24) is 29.5 Å². The van der Waals surface area contributed by atoms with Gasteiger partial charge in [-0.05, 0) is 17.7 Å². The number of fused-ring (bicyclic) bond motifs is 1. The number of benzene rings is 1. The second kappa shape index (κ2) is 8.15. The van der Waals surface area contributed by atoms with Crippen LogP contribution in [0.25, 0.3) is 22.6 Å². The van der Waals surface area contributed by atoms with Crippen LogP contribution in [-0.4, -0.2) is 62.9 Å². The first-order valence-corrected chi connectivity index (χ1v) is 9.97. The SMILES string of the molecule is COc1cccc(Cn2cnc3c(N4CCOCC4)nc(-c4cnc(N)nc4)nc32)c1. The predicted octanol–water partition coefficient (Wildman–Crippen LogP) is 1.76. The number of methoxy groups -OCH3 is 1. The molecule has 1 aliphatic heterocycles. The summed E-state index contributed by atoms with van der Waals surface area (Å²) in [4.78, 5) is 24.6. The number of anilines is 2. The molecule has 0 unspecified atom stereocenters. The molecular formula is C21H22N8O2. The maximum Gasteiger partial charge on any atom is 0.219 e. The molecule has 0 aliphatic carbocycles. The highest BCUT2D eigenvalue weighted by atomic mass is 16.5. The standard InChI is InChI=1S/C21H22N8O2/c1-30-16-4-2-3-14(9-16)12-29-13-25-17-19(28-5-7-31-8-6-28)26-18(27-20(17)29)15-10-23-21(22)24-11-15/h2-4,9-11,13H,5-8,12H2,1H3,(H2,22,23,24). The van der Waals surface area contributed by atoms with Crippen molar-refractivity contribution in [1.29, 1.82) is 0 Å². The summed E-state index contributed by atoms with van der Waals surface area (Å²) in [6.07, 6.45) is 5.07. The molecule has 10 heteroatoms. The Labute approximate surface area is 178 Å². The quantitative estimate of drug-likeness (QED) is 0.517. The lowest BCUT2D eigenvalue weighted by atomic mass is 10.2. The van der Waals surface area contributed by atoms with Crippen LogP contribution in [0.1, 0.15) is 5.56 Å². The van der Waals surface area contributed by atoms with E-state index in [4.69, 9.17) is 25.2 Å². The van der Waals surface area contributed by atoms with Gasteiger partial charge in [-0.25, -0.2) is 24.9 Å². The normalized spacial score (nSPS) is 14.2. The average molecular weight is 418 g/mol. The van der Waals surface area contributed by atoms with Crippen molar-refractivity contribution >= 4 is 22.9 Å². The Kier molecular flexibility index (Phi) is 5.04. The number of ether oxygens (including phenoxy) is 2. The molecule has 0 spiro atoms. The summed E-state index contributed by atoms with van der Waals surface area (Å²) < 4.78 is 12.9. The molecule has 1 aliphatic rings. The summed E-state index contributed by atoms with van der Waals surface area (Å²) in [6, 6.07) is 7.95. The first kappa shape index (κ1) is 19.2. The van der Waals surface area contributed by atoms with Gasteiger partial charge in [-0.1, -0.05) is 12.1 Å². The molecule has 0 bridgehead atoms. The summed E-state index contributed by atoms with van der Waals surface area (Å²) in [5.74, 6) is 2.33. The van der Waals surface area contributed by atoms with Gasteiger partial charge in [-0.2, -0.15) is 0 Å². The van der Waals surface area contributed by atoms with E-state index in [1.165, 1.54) is 0 Å². The van der Waals surface area contributed by atoms with Gasteiger partial charge in [0.15, 0.2) is 22.8 Å². The maximum atomic E-state index is 5.65. The molecule has 2 N–H and O–H groups in total. The first-order valence-electron chi connectivity index (χ1n) is 9.97. The fourth-order valence-corrected chi connectivity index (χ4v) is 3.59. The number of nitrogens with zero attached hydrogens (tertiary/aromatic N) is 7. The summed E-state index contributed by atoms with van der Waals surface area (Å²) >= 11 is 0. The molecule has 158 valence electrons. The van der Waals surface area contributed by atoms with Crippen LogP contribution >= 0.6 is 0 Å². The molecule has 0 amide bonds. The van der Waals surface area contributed by atoms with Gasteiger partial charge in [-0.15, -0.1) is 0 Å². The minimum Gasteiger partial charge on any atom is -0.497 e. The fraction of sp³-hybridized carbons (Fsp3) is 0.286. The number of aromatic nitrogens is 6. The van der Waals surface area contributed by atoms with Crippen LogP contribution in [-0.2, 0) is 11.3 Å². The molecule has 31 heavy (non-hydrogen) atoms. The molecule has 1 fully saturated rings. The van der Waals surface area contributed by atoms with Crippen molar-refractivity contribution in [2.45, 2.75) is 6.54 Å². The van der Waals surface area contributed by atoms with Gasteiger partial charge in [0.1, 0.15) is 5.75 Å². The van der Waals surface area contributed by atoms with Crippen LogP contribution in [0.5, 0.6) is 5.75 Å². The lowest BCUT2D eigenvalue weighted by molar-refractivity contribution is 0.122. The third-order valence-corrected chi connectivity index (χ3v) is 5.17. The van der Waals surface area contributed by atoms with E-state index < -0.39 is 0 Å². The zero-order valence-corrected chi connectivity index (χ0v) is 17.1. The number of hydrogen-bond donors (Lipinski definition) is 1. The lowest BCUT2D eigenvalue weighted by Gasteiger charge is -2.28. The summed E-state index contributed by atoms with van der Waals surface area (Å²) in [5.41, 5.74) is 8.93. The van der Waals surface area contributed by atoms with Crippen molar-refractivity contribution in [3.63, 3.8) is 0 Å². The van der Waals surface area contributed by atoms with Crippen molar-refractivity contribution in [2.24, 2.45) is 0 Å². The minimum atomic E-state index is 0.210. The van der Waals surface area contributed by atoms with Gasteiger partial charge in [0.25, 0.3) is 0 Å². The maximum absolute atomic E-state index is 5.65. The number of rotatable bonds is 5. The van der Waals surface area contributed by atoms with E-state index in [2.05, 4.69) is 19.9 Å². The van der Waals surface area contributed by atoms with E-state index in [9.17, 15) is 0 Å². The highest BCUT2D eigenvalue weighted by molar-refractivity contribution is 5.85. The number of nitrogen functional groups attached to an aromatic ring is 1. The summed E-state index contributed by atoms with van der Waals surface area (Å²) in [5, 5.41) is 0. The van der Waals surface area contributed by atoms with Crippen molar-refractivity contribution < 1.29 is 9.47 Å². The molecule has 3 aromatic heterocycles. The second-order valence-electron chi connectivity index (χ2n) is 7.20. The molecule has 4 aromatic rings. The monoisotopic (exact) mass is 418 g/mol. The predicted molar refractivity (Wildman–Crippen MR) is 116 cm³/mol. The van der Waals surface area contributed by atoms with E-state index in [-0.39, 0.29) is 5.95 Å². The van der Waals surface area contributed by atoms with Gasteiger partial charge in [0.05, 0.1) is 38.8 Å². The third-order valence-electron chi connectivity index (χ3n) is 5.17. The topological polar surface area (TPSA) is 117 Å². The Morgan fingerprint density at radius 3 is 2.68 bits per heavy atom. The Hall–Kier alpha value is -3.79. The molecule has 0 saturated carbocycles. The number of hydrogen-bond acceptors (Lipinski definition) is 9. The number of nitrogens with two attached hydrogens (primary N) is 1. The molecule has 4 heterocycles. The van der Waals surface area contributed by atoms with Crippen molar-refractivity contribution in [3.8, 4) is 17.1 Å². The Bertz CT molecular complexity index is 1200. The zero-order valence-electron chi connectivity index (χ0n) is 17.1. The van der Waals surface area contributed by atoms with E-state index in [0.29, 0.717) is 31.1 Å². The van der Waals surface area contributed by atoms with Crippen molar-refractivity contribution in [3.05, 3.63) is 48.5 Å². The largest absolute Gasteiger partial charge is 0.497 e. The molecule has 1 saturated heterocycles. The summed E-state index contributed by atoms with van der Waals surface area (Å²) in [6.45, 7) is 3.39. The highest BCUT2D eigenvalue weighted by Gasteiger charge is 2.21. The van der Waals surface area contributed by atoms with E-state index in [0.717, 1.165) is 41.4 Å². The number of imidazole rings is 1. The van der Waals surface area contributed by atoms with E-state index in [1.54, 1.807) is 25.8 Å². The molecule has 0 atom stereocenters.